The number of nitrogens with one attached hydrogen (secondary N) is 2. The van der Waals surface area contributed by atoms with Gasteiger partial charge in [0, 0.05) is 29.0 Å². The third-order valence-electron chi connectivity index (χ3n) is 6.89. The summed E-state index contributed by atoms with van der Waals surface area (Å²) in [5.74, 6) is 1.19. The molecule has 42 heavy (non-hydrogen) atoms. The Morgan fingerprint density at radius 3 is 2.31 bits per heavy atom. The first-order chi connectivity index (χ1) is 20.5. The van der Waals surface area contributed by atoms with Gasteiger partial charge in [-0.25, -0.2) is 4.98 Å². The molecule has 6 aromatic rings. The van der Waals surface area contributed by atoms with Crippen molar-refractivity contribution >= 4 is 44.7 Å². The number of carbonyl (C=O) groups is 1. The highest BCUT2D eigenvalue weighted by Gasteiger charge is 2.13. The Labute approximate surface area is 251 Å². The number of rotatable bonds is 8. The fraction of sp³-hybridized carbons (Fsp3) is 0.0606. The van der Waals surface area contributed by atoms with Crippen molar-refractivity contribution in [1.82, 2.24) is 14.6 Å². The summed E-state index contributed by atoms with van der Waals surface area (Å²) in [7, 11) is 1.67. The van der Waals surface area contributed by atoms with Crippen LogP contribution in [0.4, 0.5) is 17.3 Å². The van der Waals surface area contributed by atoms with Gasteiger partial charge in [-0.1, -0.05) is 48.5 Å². The Balaban J connectivity index is 1.23. The molecule has 1 amide bonds. The molecular formula is C33H27BrN6O2. The number of hydrogen-bond acceptors (Lipinski definition) is 6. The predicted molar refractivity (Wildman–Crippen MR) is 170 cm³/mol. The van der Waals surface area contributed by atoms with Gasteiger partial charge in [0.1, 0.15) is 5.75 Å². The van der Waals surface area contributed by atoms with Gasteiger partial charge in [0.05, 0.1) is 29.0 Å². The van der Waals surface area contributed by atoms with Crippen LogP contribution >= 0.6 is 15.9 Å². The zero-order valence-electron chi connectivity index (χ0n) is 22.7. The Bertz CT molecular complexity index is 1870. The molecule has 2 aromatic heterocycles. The minimum Gasteiger partial charge on any atom is -0.497 e. The highest BCUT2D eigenvalue weighted by molar-refractivity contribution is 9.10. The van der Waals surface area contributed by atoms with Crippen LogP contribution in [0, 0.1) is 0 Å². The van der Waals surface area contributed by atoms with Crippen LogP contribution in [0.1, 0.15) is 15.9 Å². The maximum Gasteiger partial charge on any atom is 0.255 e. The molecule has 0 unspecified atom stereocenters. The molecule has 0 saturated heterocycles. The smallest absolute Gasteiger partial charge is 0.255 e. The van der Waals surface area contributed by atoms with Crippen molar-refractivity contribution in [2.45, 2.75) is 6.54 Å². The first-order valence-corrected chi connectivity index (χ1v) is 14.1. The number of fused-ring (bicyclic) bond motifs is 1. The molecule has 0 radical (unpaired) electrons. The molecule has 6 rings (SSSR count). The summed E-state index contributed by atoms with van der Waals surface area (Å²) in [4.78, 5) is 17.6. The van der Waals surface area contributed by atoms with Gasteiger partial charge in [-0.05, 0) is 87.2 Å². The molecule has 8 nitrogen and oxygen atoms in total. The van der Waals surface area contributed by atoms with Gasteiger partial charge >= 0.3 is 0 Å². The predicted octanol–water partition coefficient (Wildman–Crippen LogP) is 7.29. The molecule has 0 aliphatic heterocycles. The lowest BCUT2D eigenvalue weighted by atomic mass is 10.0. The quantitative estimate of drug-likeness (QED) is 0.165. The lowest BCUT2D eigenvalue weighted by Crippen LogP contribution is -2.12. The molecule has 0 aliphatic carbocycles. The number of aromatic nitrogens is 3. The number of hydrogen-bond donors (Lipinski definition) is 3. The van der Waals surface area contributed by atoms with Crippen LogP contribution in [0.2, 0.25) is 0 Å². The molecule has 0 saturated carbocycles. The number of methoxy groups -OCH3 is 1. The van der Waals surface area contributed by atoms with E-state index in [0.29, 0.717) is 23.7 Å². The molecular weight excluding hydrogens is 592 g/mol. The standard InChI is InChI=1S/C33H27BrN6O2/c1-42-28-4-2-3-25(17-28)22-9-11-23(12-10-22)30-18-31-29(34)20-36-40(31)33(39-30)38-27-15-13-26(14-16-27)37-32(41)24-7-5-21(19-35)6-8-24/h2-18,20H,19,35H2,1H3,(H,37,41)(H,38,39). The van der Waals surface area contributed by atoms with Crippen LogP contribution in [0.5, 0.6) is 5.75 Å². The van der Waals surface area contributed by atoms with Crippen LogP contribution in [0.15, 0.2) is 114 Å². The average molecular weight is 620 g/mol. The summed E-state index contributed by atoms with van der Waals surface area (Å²) in [6, 6.07) is 33.0. The second-order valence-electron chi connectivity index (χ2n) is 9.62. The van der Waals surface area contributed by atoms with E-state index in [4.69, 9.17) is 15.5 Å². The maximum atomic E-state index is 12.7. The Kier molecular flexibility index (Phi) is 7.68. The number of nitrogens with two attached hydrogens (primary N) is 1. The molecule has 0 atom stereocenters. The average Bonchev–Trinajstić information content (AvgIpc) is 3.42. The van der Waals surface area contributed by atoms with E-state index < -0.39 is 0 Å². The lowest BCUT2D eigenvalue weighted by molar-refractivity contribution is 0.102. The molecule has 2 heterocycles. The van der Waals surface area contributed by atoms with Crippen molar-refractivity contribution in [2.24, 2.45) is 5.73 Å². The van der Waals surface area contributed by atoms with Crippen LogP contribution in [0.25, 0.3) is 27.9 Å². The Morgan fingerprint density at radius 2 is 1.60 bits per heavy atom. The SMILES string of the molecule is COc1cccc(-c2ccc(-c3cc4c(Br)cnn4c(Nc4ccc(NC(=O)c5ccc(CN)cc5)cc4)n3)cc2)c1. The normalized spacial score (nSPS) is 10.9. The van der Waals surface area contributed by atoms with E-state index in [1.807, 2.05) is 60.7 Å². The van der Waals surface area contributed by atoms with Gasteiger partial charge in [0.25, 0.3) is 5.91 Å². The van der Waals surface area contributed by atoms with E-state index in [1.165, 1.54) is 0 Å². The highest BCUT2D eigenvalue weighted by Crippen LogP contribution is 2.30. The number of anilines is 3. The van der Waals surface area contributed by atoms with Gasteiger partial charge in [-0.3, -0.25) is 4.79 Å². The molecule has 0 spiro atoms. The molecule has 4 aromatic carbocycles. The zero-order chi connectivity index (χ0) is 29.1. The van der Waals surface area contributed by atoms with E-state index in [1.54, 1.807) is 30.0 Å². The molecule has 9 heteroatoms. The van der Waals surface area contributed by atoms with Crippen LogP contribution in [0.3, 0.4) is 0 Å². The zero-order valence-corrected chi connectivity index (χ0v) is 24.3. The van der Waals surface area contributed by atoms with E-state index in [2.05, 4.69) is 62.0 Å². The van der Waals surface area contributed by atoms with Gasteiger partial charge in [0.15, 0.2) is 0 Å². The van der Waals surface area contributed by atoms with Crippen molar-refractivity contribution in [1.29, 1.82) is 0 Å². The second-order valence-corrected chi connectivity index (χ2v) is 10.5. The van der Waals surface area contributed by atoms with Crippen LogP contribution in [-0.4, -0.2) is 27.6 Å². The minimum atomic E-state index is -0.186. The molecule has 4 N–H and O–H groups in total. The Morgan fingerprint density at radius 1 is 0.881 bits per heavy atom. The summed E-state index contributed by atoms with van der Waals surface area (Å²) in [5.41, 5.74) is 13.5. The fourth-order valence-corrected chi connectivity index (χ4v) is 4.96. The van der Waals surface area contributed by atoms with Crippen molar-refractivity contribution in [3.05, 3.63) is 125 Å². The number of halogens is 1. The number of carbonyl (C=O) groups excluding carboxylic acids is 1. The topological polar surface area (TPSA) is 107 Å². The second kappa shape index (κ2) is 11.9. The summed E-state index contributed by atoms with van der Waals surface area (Å²) in [6.45, 7) is 0.437. The van der Waals surface area contributed by atoms with Gasteiger partial charge in [-0.15, -0.1) is 0 Å². The molecule has 208 valence electrons. The lowest BCUT2D eigenvalue weighted by Gasteiger charge is -2.12. The fourth-order valence-electron chi connectivity index (χ4n) is 4.59. The number of nitrogens with zero attached hydrogens (tertiary/aromatic N) is 3. The molecule has 0 bridgehead atoms. The van der Waals surface area contributed by atoms with E-state index in [-0.39, 0.29) is 5.91 Å². The van der Waals surface area contributed by atoms with Gasteiger partial charge < -0.3 is 21.1 Å². The van der Waals surface area contributed by atoms with E-state index in [0.717, 1.165) is 49.4 Å². The molecule has 0 aliphatic rings. The summed E-state index contributed by atoms with van der Waals surface area (Å²) >= 11 is 3.61. The van der Waals surface area contributed by atoms with Crippen molar-refractivity contribution in [3.63, 3.8) is 0 Å². The third-order valence-corrected chi connectivity index (χ3v) is 7.51. The Hall–Kier alpha value is -4.99. The number of ether oxygens (including phenoxy) is 1. The third kappa shape index (κ3) is 5.74. The highest BCUT2D eigenvalue weighted by atomic mass is 79.9. The van der Waals surface area contributed by atoms with Crippen molar-refractivity contribution < 1.29 is 9.53 Å². The monoisotopic (exact) mass is 618 g/mol. The number of benzene rings is 4. The van der Waals surface area contributed by atoms with E-state index >= 15 is 0 Å². The van der Waals surface area contributed by atoms with Crippen molar-refractivity contribution in [2.75, 3.05) is 17.7 Å². The van der Waals surface area contributed by atoms with Crippen LogP contribution in [-0.2, 0) is 6.54 Å². The summed E-state index contributed by atoms with van der Waals surface area (Å²) < 4.78 is 7.98. The largest absolute Gasteiger partial charge is 0.497 e. The minimum absolute atomic E-state index is 0.186. The first kappa shape index (κ1) is 27.2. The summed E-state index contributed by atoms with van der Waals surface area (Å²) in [6.07, 6.45) is 1.75. The maximum absolute atomic E-state index is 12.7. The van der Waals surface area contributed by atoms with Gasteiger partial charge in [0.2, 0.25) is 5.95 Å². The van der Waals surface area contributed by atoms with Crippen LogP contribution < -0.4 is 21.1 Å². The van der Waals surface area contributed by atoms with Gasteiger partial charge in [-0.2, -0.15) is 9.61 Å². The number of amides is 1. The summed E-state index contributed by atoms with van der Waals surface area (Å²) in [5, 5.41) is 10.8. The molecule has 0 fully saturated rings. The van der Waals surface area contributed by atoms with E-state index in [9.17, 15) is 4.79 Å². The first-order valence-electron chi connectivity index (χ1n) is 13.3. The van der Waals surface area contributed by atoms with Crippen molar-refractivity contribution in [3.8, 4) is 28.1 Å².